The van der Waals surface area contributed by atoms with Crippen molar-refractivity contribution < 1.29 is 66.8 Å². The van der Waals surface area contributed by atoms with Crippen molar-refractivity contribution in [1.29, 1.82) is 0 Å². The van der Waals surface area contributed by atoms with Crippen LogP contribution in [0, 0.1) is 58.2 Å². The topological polar surface area (TPSA) is 0 Å². The molecule has 0 saturated heterocycles. The van der Waals surface area contributed by atoms with E-state index in [1.54, 1.807) is 48.5 Å². The van der Waals surface area contributed by atoms with Gasteiger partial charge in [-0.15, -0.1) is 0 Å². The fourth-order valence-electron chi connectivity index (χ4n) is 5.32. The minimum atomic E-state index is -2.76. The van der Waals surface area contributed by atoms with Gasteiger partial charge >= 0.3 is 238 Å². The normalized spacial score (nSPS) is 17.3. The zero-order chi connectivity index (χ0) is 29.3. The molecule has 0 amide bonds. The molecule has 2 unspecified atom stereocenters. The van der Waals surface area contributed by atoms with Gasteiger partial charge in [-0.2, -0.15) is 0 Å². The third-order valence-corrected chi connectivity index (χ3v) is 14.1. The second-order valence-corrected chi connectivity index (χ2v) is 14.7. The van der Waals surface area contributed by atoms with Crippen LogP contribution in [-0.2, 0) is 22.9 Å². The Morgan fingerprint density at radius 2 is 0.683 bits per heavy atom. The van der Waals surface area contributed by atoms with Crippen molar-refractivity contribution in [2.45, 2.75) is 7.35 Å². The fraction of sp³-hybridized carbons (Fsp3) is 0.0667. The quantitative estimate of drug-likeness (QED) is 0.0849. The number of hydrogen-bond donors (Lipinski definition) is 0. The van der Waals surface area contributed by atoms with E-state index < -0.39 is 99.6 Å². The van der Waals surface area contributed by atoms with Crippen LogP contribution in [0.25, 0.3) is 23.3 Å². The maximum absolute atomic E-state index is 15.0. The van der Waals surface area contributed by atoms with Crippen molar-refractivity contribution in [1.82, 2.24) is 0 Å². The first-order chi connectivity index (χ1) is 19.5. The molecule has 41 heavy (non-hydrogen) atoms. The van der Waals surface area contributed by atoms with Gasteiger partial charge in [0.1, 0.15) is 0 Å². The maximum atomic E-state index is 15.0. The molecule has 0 radical (unpaired) electrons. The van der Waals surface area contributed by atoms with E-state index in [-0.39, 0.29) is 11.1 Å². The van der Waals surface area contributed by atoms with E-state index >= 15 is 17.6 Å². The Balaban J connectivity index is 1.54. The van der Waals surface area contributed by atoms with E-state index in [9.17, 15) is 26.3 Å². The Morgan fingerprint density at radius 1 is 0.390 bits per heavy atom. The van der Waals surface area contributed by atoms with Crippen molar-refractivity contribution in [2.24, 2.45) is 0 Å². The standard InChI is InChI=1S/2C15H6F5.Hf/c2*16-11-10(12(17)14(19)15(20)13(11)18)9-5-7-3-1-2-4-8(7)6-9;/h2*1-6H;. The van der Waals surface area contributed by atoms with Crippen LogP contribution in [-0.4, -0.2) is 0 Å². The van der Waals surface area contributed by atoms with Crippen LogP contribution in [0.2, 0.25) is 0 Å². The number of benzene rings is 4. The third kappa shape index (κ3) is 4.14. The van der Waals surface area contributed by atoms with E-state index in [1.807, 2.05) is 0 Å². The molecule has 6 rings (SSSR count). The molecule has 0 nitrogen and oxygen atoms in total. The summed E-state index contributed by atoms with van der Waals surface area (Å²) in [6.07, 6.45) is 2.60. The molecule has 4 aromatic carbocycles. The van der Waals surface area contributed by atoms with Gasteiger partial charge in [0.2, 0.25) is 0 Å². The average molecular weight is 741 g/mol. The molecule has 0 aliphatic heterocycles. The van der Waals surface area contributed by atoms with Crippen LogP contribution in [0.1, 0.15) is 40.7 Å². The summed E-state index contributed by atoms with van der Waals surface area (Å²) in [5, 5.41) is 0. The molecule has 0 heterocycles. The van der Waals surface area contributed by atoms with Crippen LogP contribution in [0.4, 0.5) is 43.9 Å². The Kier molecular flexibility index (Phi) is 6.83. The number of fused-ring (bicyclic) bond motifs is 2. The van der Waals surface area contributed by atoms with Crippen molar-refractivity contribution >= 4 is 23.3 Å². The van der Waals surface area contributed by atoms with Crippen LogP contribution in [0.5, 0.6) is 0 Å². The molecule has 2 aliphatic carbocycles. The zero-order valence-electron chi connectivity index (χ0n) is 20.2. The van der Waals surface area contributed by atoms with Gasteiger partial charge in [0.25, 0.3) is 0 Å². The molecule has 0 bridgehead atoms. The summed E-state index contributed by atoms with van der Waals surface area (Å²) >= 11 is -2.76. The van der Waals surface area contributed by atoms with Crippen LogP contribution in [0.3, 0.4) is 0 Å². The number of allylic oxidation sites excluding steroid dienone is 2. The molecule has 0 spiro atoms. The predicted molar refractivity (Wildman–Crippen MR) is 127 cm³/mol. The van der Waals surface area contributed by atoms with Gasteiger partial charge in [-0.05, 0) is 0 Å². The summed E-state index contributed by atoms with van der Waals surface area (Å²) in [6, 6.07) is 12.8. The molecule has 206 valence electrons. The molecule has 0 fully saturated rings. The van der Waals surface area contributed by atoms with E-state index in [0.29, 0.717) is 22.3 Å². The van der Waals surface area contributed by atoms with Gasteiger partial charge < -0.3 is 0 Å². The van der Waals surface area contributed by atoms with Gasteiger partial charge in [-0.1, -0.05) is 0 Å². The number of halogens is 10. The van der Waals surface area contributed by atoms with Crippen LogP contribution in [0.15, 0.2) is 48.5 Å². The molecule has 0 N–H and O–H groups in total. The van der Waals surface area contributed by atoms with Gasteiger partial charge in [0.15, 0.2) is 0 Å². The van der Waals surface area contributed by atoms with E-state index in [2.05, 4.69) is 0 Å². The first-order valence-corrected chi connectivity index (χ1v) is 16.1. The molecule has 11 heteroatoms. The number of hydrogen-bond acceptors (Lipinski definition) is 0. The van der Waals surface area contributed by atoms with Crippen LogP contribution < -0.4 is 0 Å². The van der Waals surface area contributed by atoms with Crippen molar-refractivity contribution in [3.8, 4) is 0 Å². The third-order valence-electron chi connectivity index (χ3n) is 7.19. The first kappa shape index (κ1) is 27.7. The Morgan fingerprint density at radius 3 is 1.02 bits per heavy atom. The predicted octanol–water partition coefficient (Wildman–Crippen LogP) is 9.05. The molecule has 0 saturated carbocycles. The van der Waals surface area contributed by atoms with Crippen LogP contribution >= 0.6 is 0 Å². The SMILES string of the molecule is Fc1c(F)c(F)c(C2=Cc3ccccc3[CH]2[Hf][CH]2C(c3c(F)c(F)c(F)c(F)c3F)=Cc3ccccc32)c(F)c1F. The fourth-order valence-corrected chi connectivity index (χ4v) is 12.6. The second-order valence-electron chi connectivity index (χ2n) is 9.38. The molecule has 2 atom stereocenters. The van der Waals surface area contributed by atoms with Crippen molar-refractivity contribution in [2.75, 3.05) is 0 Å². The summed E-state index contributed by atoms with van der Waals surface area (Å²) < 4.78 is 143. The molecular formula is C30H12F10Hf. The van der Waals surface area contributed by atoms with E-state index in [0.717, 1.165) is 0 Å². The monoisotopic (exact) mass is 742 g/mol. The minimum absolute atomic E-state index is 0.205. The molecule has 4 aromatic rings. The summed E-state index contributed by atoms with van der Waals surface area (Å²) in [7, 11) is 0. The Bertz CT molecular complexity index is 1650. The van der Waals surface area contributed by atoms with Gasteiger partial charge in [0, 0.05) is 0 Å². The number of rotatable bonds is 4. The Labute approximate surface area is 237 Å². The van der Waals surface area contributed by atoms with E-state index in [1.165, 1.54) is 12.2 Å². The summed E-state index contributed by atoms with van der Waals surface area (Å²) in [6.45, 7) is 0. The first-order valence-electron chi connectivity index (χ1n) is 11.9. The summed E-state index contributed by atoms with van der Waals surface area (Å²) in [4.78, 5) is 0. The summed E-state index contributed by atoms with van der Waals surface area (Å²) in [5.41, 5.74) is -0.779. The van der Waals surface area contributed by atoms with Crippen molar-refractivity contribution in [3.05, 3.63) is 140 Å². The van der Waals surface area contributed by atoms with Gasteiger partial charge in [-0.25, -0.2) is 0 Å². The summed E-state index contributed by atoms with van der Waals surface area (Å²) in [5.74, 6) is -21.3. The zero-order valence-corrected chi connectivity index (χ0v) is 23.8. The second kappa shape index (κ2) is 10.1. The van der Waals surface area contributed by atoms with E-state index in [4.69, 9.17) is 0 Å². The molecule has 0 aromatic heterocycles. The average Bonchev–Trinajstić information content (AvgIpc) is 3.51. The van der Waals surface area contributed by atoms with Gasteiger partial charge in [0.05, 0.1) is 0 Å². The Hall–Kier alpha value is -3.47. The van der Waals surface area contributed by atoms with Crippen molar-refractivity contribution in [3.63, 3.8) is 0 Å². The molecular weight excluding hydrogens is 729 g/mol. The molecule has 2 aliphatic rings. The van der Waals surface area contributed by atoms with Gasteiger partial charge in [-0.3, -0.25) is 0 Å².